The minimum atomic E-state index is -2.69. The smallest absolute Gasteiger partial charge is 0.247 e. The molecule has 0 bridgehead atoms. The van der Waals surface area contributed by atoms with Gasteiger partial charge < -0.3 is 14.4 Å². The number of furan rings is 1. The fraction of sp³-hybridized carbons (Fsp3) is 0.277. The molecular formula is C47H46F2IrN2OSi-2. The normalized spacial score (nSPS) is 17.9. The molecule has 7 heteroatoms. The molecule has 1 fully saturated rings. The molecule has 54 heavy (non-hydrogen) atoms. The fourth-order valence-corrected chi connectivity index (χ4v) is 10.8. The number of benzene rings is 4. The molecule has 0 aliphatic carbocycles. The van der Waals surface area contributed by atoms with E-state index < -0.39 is 39.5 Å². The van der Waals surface area contributed by atoms with Gasteiger partial charge in [0.05, 0.1) is 13.7 Å². The summed E-state index contributed by atoms with van der Waals surface area (Å²) in [5.74, 6) is -2.69. The van der Waals surface area contributed by atoms with Crippen LogP contribution < -0.4 is 5.19 Å². The fourth-order valence-electron chi connectivity index (χ4n) is 6.93. The van der Waals surface area contributed by atoms with Crippen LogP contribution in [0.5, 0.6) is 0 Å². The number of rotatable bonds is 5. The van der Waals surface area contributed by atoms with E-state index in [2.05, 4.69) is 28.2 Å². The van der Waals surface area contributed by atoms with Gasteiger partial charge in [0.1, 0.15) is 5.58 Å². The summed E-state index contributed by atoms with van der Waals surface area (Å²) < 4.78 is 98.8. The summed E-state index contributed by atoms with van der Waals surface area (Å²) in [7, 11) is -2.49. The molecular weight excluding hydrogens is 867 g/mol. The van der Waals surface area contributed by atoms with Gasteiger partial charge in [0.25, 0.3) is 0 Å². The van der Waals surface area contributed by atoms with Gasteiger partial charge in [0.15, 0.2) is 0 Å². The predicted molar refractivity (Wildman–Crippen MR) is 217 cm³/mol. The summed E-state index contributed by atoms with van der Waals surface area (Å²) in [4.78, 5) is 8.75. The van der Waals surface area contributed by atoms with Crippen LogP contribution in [0.15, 0.2) is 114 Å². The predicted octanol–water partition coefficient (Wildman–Crippen LogP) is 12.6. The third-order valence-electron chi connectivity index (χ3n) is 9.83. The molecule has 0 N–H and O–H groups in total. The quantitative estimate of drug-likeness (QED) is 0.128. The summed E-state index contributed by atoms with van der Waals surface area (Å²) in [6, 6.07) is 37.5. The average molecular weight is 921 g/mol. The molecule has 0 amide bonds. The second-order valence-electron chi connectivity index (χ2n) is 15.1. The zero-order chi connectivity index (χ0) is 44.2. The van der Waals surface area contributed by atoms with E-state index >= 15 is 0 Å². The number of pyridine rings is 2. The van der Waals surface area contributed by atoms with E-state index in [1.54, 1.807) is 32.9 Å². The molecule has 3 nitrogen and oxygen atoms in total. The first-order valence-corrected chi connectivity index (χ1v) is 20.7. The van der Waals surface area contributed by atoms with Crippen LogP contribution in [0.25, 0.3) is 55.6 Å². The van der Waals surface area contributed by atoms with Crippen molar-refractivity contribution in [2.24, 2.45) is 5.41 Å². The van der Waals surface area contributed by atoms with Crippen LogP contribution in [0.3, 0.4) is 0 Å². The molecule has 8 rings (SSSR count). The van der Waals surface area contributed by atoms with Gasteiger partial charge >= 0.3 is 0 Å². The van der Waals surface area contributed by atoms with Crippen molar-refractivity contribution < 1.29 is 44.3 Å². The Labute approximate surface area is 343 Å². The summed E-state index contributed by atoms with van der Waals surface area (Å²) in [6.07, 6.45) is 0.447. The number of alkyl halides is 2. The van der Waals surface area contributed by atoms with Gasteiger partial charge in [-0.05, 0) is 77.3 Å². The number of hydrogen-bond donors (Lipinski definition) is 0. The van der Waals surface area contributed by atoms with Crippen molar-refractivity contribution in [2.75, 3.05) is 0 Å². The molecule has 1 aliphatic heterocycles. The van der Waals surface area contributed by atoms with E-state index in [0.29, 0.717) is 45.4 Å². The van der Waals surface area contributed by atoms with Crippen LogP contribution in [0.1, 0.15) is 61.3 Å². The van der Waals surface area contributed by atoms with Crippen molar-refractivity contribution in [3.8, 4) is 33.6 Å². The van der Waals surface area contributed by atoms with E-state index in [-0.39, 0.29) is 49.6 Å². The van der Waals surface area contributed by atoms with Gasteiger partial charge in [-0.3, -0.25) is 0 Å². The summed E-state index contributed by atoms with van der Waals surface area (Å²) >= 11 is 0. The minimum Gasteiger partial charge on any atom is -0.501 e. The van der Waals surface area contributed by atoms with Crippen molar-refractivity contribution in [2.45, 2.75) is 78.2 Å². The number of hydrogen-bond acceptors (Lipinski definition) is 3. The summed E-state index contributed by atoms with van der Waals surface area (Å²) in [6.45, 7) is 2.49. The number of nitrogens with zero attached hydrogens (tertiary/aromatic N) is 2. The van der Waals surface area contributed by atoms with Gasteiger partial charge in [-0.1, -0.05) is 104 Å². The Bertz CT molecular complexity index is 2690. The summed E-state index contributed by atoms with van der Waals surface area (Å²) in [5, 5.41) is 2.56. The first kappa shape index (κ1) is 30.0. The average Bonchev–Trinajstić information content (AvgIpc) is 3.60. The molecule has 4 aromatic carbocycles. The molecule has 279 valence electrons. The molecule has 3 aromatic heterocycles. The number of halogens is 2. The monoisotopic (exact) mass is 921 g/mol. The topological polar surface area (TPSA) is 38.9 Å². The largest absolute Gasteiger partial charge is 0.501 e. The van der Waals surface area contributed by atoms with Gasteiger partial charge in [0, 0.05) is 61.7 Å². The molecule has 1 radical (unpaired) electrons. The van der Waals surface area contributed by atoms with E-state index in [1.165, 1.54) is 12.4 Å². The van der Waals surface area contributed by atoms with E-state index in [9.17, 15) is 8.78 Å². The van der Waals surface area contributed by atoms with Crippen LogP contribution in [0.4, 0.5) is 8.78 Å². The van der Waals surface area contributed by atoms with Gasteiger partial charge in [0.2, 0.25) is 5.92 Å². The Morgan fingerprint density at radius 1 is 0.815 bits per heavy atom. The minimum absolute atomic E-state index is 0. The third-order valence-corrected chi connectivity index (χ3v) is 14.3. The molecule has 0 atom stereocenters. The van der Waals surface area contributed by atoms with E-state index in [0.717, 1.165) is 27.5 Å². The number of aromatic nitrogens is 2. The maximum atomic E-state index is 14.0. The summed E-state index contributed by atoms with van der Waals surface area (Å²) in [5.41, 5.74) is 5.41. The van der Waals surface area contributed by atoms with Crippen molar-refractivity contribution in [3.63, 3.8) is 0 Å². The van der Waals surface area contributed by atoms with E-state index in [1.807, 2.05) is 85.4 Å². The number of aryl methyl sites for hydroxylation is 2. The first-order chi connectivity index (χ1) is 28.5. The van der Waals surface area contributed by atoms with Crippen molar-refractivity contribution in [1.82, 2.24) is 9.97 Å². The second kappa shape index (κ2) is 15.8. The maximum absolute atomic E-state index is 14.0. The van der Waals surface area contributed by atoms with Gasteiger partial charge in [-0.2, -0.15) is 0 Å². The second-order valence-corrected chi connectivity index (χ2v) is 19.7. The van der Waals surface area contributed by atoms with Crippen molar-refractivity contribution in [1.29, 1.82) is 0 Å². The van der Waals surface area contributed by atoms with Crippen molar-refractivity contribution in [3.05, 3.63) is 138 Å². The zero-order valence-corrected chi connectivity index (χ0v) is 34.0. The number of fused-ring (bicyclic) bond motifs is 3. The van der Waals surface area contributed by atoms with Crippen LogP contribution in [-0.4, -0.2) is 24.0 Å². The van der Waals surface area contributed by atoms with Gasteiger partial charge in [-0.25, -0.2) is 8.78 Å². The zero-order valence-electron chi connectivity index (χ0n) is 38.6. The Morgan fingerprint density at radius 2 is 1.54 bits per heavy atom. The molecule has 1 saturated heterocycles. The standard InChI is InChI=1S/C30H26F2NOSi.C17H20N.Ir/c1-20-19-33-26(18-28(20)35(2)15-13-30(31,32)14-16-35)25-10-6-9-24-23-12-11-22(17-27(23)34-29(24)25)21-7-4-3-5-8-21;1-13-12-18-16(14-8-6-5-7-9-14)10-15(13)11-17(2,3)4;/h3-9,11-12,17-19H,13-16H2,1-2H3;5-8,10,12H,11H2,1-4H3;/q2*-1;/i1D3;1D3,11D2;. The molecule has 0 saturated carbocycles. The van der Waals surface area contributed by atoms with Crippen LogP contribution in [-0.2, 0) is 26.5 Å². The first-order valence-electron chi connectivity index (χ1n) is 21.8. The third kappa shape index (κ3) is 8.65. The van der Waals surface area contributed by atoms with Gasteiger partial charge in [-0.15, -0.1) is 54.1 Å². The van der Waals surface area contributed by atoms with Crippen LogP contribution >= 0.6 is 0 Å². The Morgan fingerprint density at radius 3 is 2.24 bits per heavy atom. The molecule has 0 spiro atoms. The Balaban J connectivity index is 0.000000230. The van der Waals surface area contributed by atoms with Crippen LogP contribution in [0.2, 0.25) is 18.6 Å². The molecule has 1 aliphatic rings. The Hall–Kier alpha value is -4.29. The molecule has 7 aromatic rings. The van der Waals surface area contributed by atoms with Crippen molar-refractivity contribution >= 4 is 35.2 Å². The SMILES string of the molecule is [2H]C([2H])([2H])c1cnc(-c2[c-]ccc3c2oc2cc(-c4ccccc4)ccc23)cc1[Si]1(C)CCC(F)(F)CC1.[2H]C([2H])([2H])c1cnc(-c2[c-]cccc2)cc1C([2H])([2H])C(C)(C)C.[Ir]. The van der Waals surface area contributed by atoms with Crippen LogP contribution in [0, 0.1) is 31.3 Å². The molecule has 4 heterocycles. The van der Waals surface area contributed by atoms with E-state index in [4.69, 9.17) is 15.4 Å². The maximum Gasteiger partial charge on any atom is 0.247 e. The molecule has 0 unspecified atom stereocenters. The Kier molecular flexibility index (Phi) is 8.79.